The van der Waals surface area contributed by atoms with Gasteiger partial charge in [0.05, 0.1) is 11.4 Å². The van der Waals surface area contributed by atoms with Gasteiger partial charge in [0.15, 0.2) is 5.16 Å². The van der Waals surface area contributed by atoms with Crippen molar-refractivity contribution < 1.29 is 0 Å². The van der Waals surface area contributed by atoms with Crippen molar-refractivity contribution in [3.8, 4) is 0 Å². The normalized spacial score (nSPS) is 10.9. The summed E-state index contributed by atoms with van der Waals surface area (Å²) in [5.41, 5.74) is 6.69. The third-order valence-corrected chi connectivity index (χ3v) is 3.60. The molecule has 7 nitrogen and oxygen atoms in total. The molecule has 102 valence electrons. The van der Waals surface area contributed by atoms with Crippen LogP contribution in [0.2, 0.25) is 5.28 Å². The fourth-order valence-electron chi connectivity index (χ4n) is 1.49. The van der Waals surface area contributed by atoms with Crippen LogP contribution in [0.15, 0.2) is 15.0 Å². The predicted octanol–water partition coefficient (Wildman–Crippen LogP) is 1.47. The number of rotatable bonds is 4. The Morgan fingerprint density at radius 2 is 2.21 bits per heavy atom. The number of hydrogen-bond acceptors (Lipinski definition) is 6. The second kappa shape index (κ2) is 5.62. The van der Waals surface area contributed by atoms with Crippen LogP contribution in [0.1, 0.15) is 19.0 Å². The summed E-state index contributed by atoms with van der Waals surface area (Å²) in [6, 6.07) is 0. The Bertz CT molecular complexity index is 652. The van der Waals surface area contributed by atoms with Gasteiger partial charge in [0.1, 0.15) is 5.03 Å². The number of nitrogens with two attached hydrogens (primary N) is 1. The second-order valence-corrected chi connectivity index (χ2v) is 5.16. The first-order chi connectivity index (χ1) is 9.02. The van der Waals surface area contributed by atoms with Crippen LogP contribution < -0.4 is 11.4 Å². The van der Waals surface area contributed by atoms with Gasteiger partial charge in [-0.05, 0) is 36.7 Å². The van der Waals surface area contributed by atoms with Gasteiger partial charge in [0, 0.05) is 6.54 Å². The number of H-pyrrole nitrogens is 1. The number of nitrogen functional groups attached to an aromatic ring is 1. The van der Waals surface area contributed by atoms with Gasteiger partial charge in [-0.1, -0.05) is 6.92 Å². The van der Waals surface area contributed by atoms with Gasteiger partial charge in [-0.3, -0.25) is 4.57 Å². The average molecular weight is 301 g/mol. The molecule has 0 unspecified atom stereocenters. The van der Waals surface area contributed by atoms with E-state index in [1.165, 1.54) is 16.3 Å². The van der Waals surface area contributed by atoms with Crippen LogP contribution in [0, 0.1) is 6.92 Å². The standard InChI is InChI=1S/C10H13ClN6OS/c1-3-4-17-9(18)15-16-10(17)19-7-6(12)5(2)13-8(11)14-7/h3-4,12H2,1-2H3,(H,15,18). The minimum atomic E-state index is -0.250. The molecule has 0 saturated heterocycles. The first-order valence-electron chi connectivity index (χ1n) is 5.65. The lowest BCUT2D eigenvalue weighted by Gasteiger charge is -2.07. The van der Waals surface area contributed by atoms with Crippen molar-refractivity contribution in [3.63, 3.8) is 0 Å². The monoisotopic (exact) mass is 300 g/mol. The Morgan fingerprint density at radius 3 is 2.89 bits per heavy atom. The van der Waals surface area contributed by atoms with E-state index in [9.17, 15) is 4.79 Å². The predicted molar refractivity (Wildman–Crippen MR) is 73.5 cm³/mol. The van der Waals surface area contributed by atoms with E-state index >= 15 is 0 Å². The molecule has 0 aromatic carbocycles. The van der Waals surface area contributed by atoms with E-state index in [0.717, 1.165) is 6.42 Å². The summed E-state index contributed by atoms with van der Waals surface area (Å²) in [5.74, 6) is 0. The molecule has 19 heavy (non-hydrogen) atoms. The number of aryl methyl sites for hydroxylation is 1. The van der Waals surface area contributed by atoms with E-state index in [1.807, 2.05) is 6.92 Å². The topological polar surface area (TPSA) is 102 Å². The van der Waals surface area contributed by atoms with Crippen molar-refractivity contribution in [2.24, 2.45) is 0 Å². The zero-order chi connectivity index (χ0) is 14.0. The van der Waals surface area contributed by atoms with Crippen LogP contribution in [0.3, 0.4) is 0 Å². The number of nitrogens with one attached hydrogen (secondary N) is 1. The van der Waals surface area contributed by atoms with Crippen molar-refractivity contribution in [3.05, 3.63) is 21.5 Å². The van der Waals surface area contributed by atoms with Crippen molar-refractivity contribution in [1.29, 1.82) is 0 Å². The fraction of sp³-hybridized carbons (Fsp3) is 0.400. The molecule has 0 saturated carbocycles. The minimum absolute atomic E-state index is 0.120. The molecule has 2 aromatic rings. The van der Waals surface area contributed by atoms with Crippen LogP contribution in [0.25, 0.3) is 0 Å². The summed E-state index contributed by atoms with van der Waals surface area (Å²) >= 11 is 7.00. The van der Waals surface area contributed by atoms with Crippen molar-refractivity contribution in [2.75, 3.05) is 5.73 Å². The highest BCUT2D eigenvalue weighted by Gasteiger charge is 2.14. The van der Waals surface area contributed by atoms with Gasteiger partial charge < -0.3 is 5.73 Å². The van der Waals surface area contributed by atoms with Crippen LogP contribution in [-0.4, -0.2) is 24.7 Å². The molecular weight excluding hydrogens is 288 g/mol. The SMILES string of the molecule is CCCn1c(Sc2nc(Cl)nc(C)c2N)n[nH]c1=O. The molecule has 0 spiro atoms. The van der Waals surface area contributed by atoms with E-state index in [4.69, 9.17) is 17.3 Å². The van der Waals surface area contributed by atoms with Crippen LogP contribution in [0.4, 0.5) is 5.69 Å². The highest BCUT2D eigenvalue weighted by molar-refractivity contribution is 7.99. The third-order valence-electron chi connectivity index (χ3n) is 2.43. The van der Waals surface area contributed by atoms with Gasteiger partial charge in [0.25, 0.3) is 0 Å². The van der Waals surface area contributed by atoms with Crippen molar-refractivity contribution >= 4 is 29.1 Å². The molecule has 2 heterocycles. The Hall–Kier alpha value is -1.54. The first kappa shape index (κ1) is 13.9. The lowest BCUT2D eigenvalue weighted by atomic mass is 10.4. The van der Waals surface area contributed by atoms with Crippen LogP contribution >= 0.6 is 23.4 Å². The van der Waals surface area contributed by atoms with Gasteiger partial charge in [0.2, 0.25) is 5.28 Å². The van der Waals surface area contributed by atoms with E-state index < -0.39 is 0 Å². The summed E-state index contributed by atoms with van der Waals surface area (Å²) in [7, 11) is 0. The molecule has 2 aromatic heterocycles. The molecular formula is C10H13ClN6OS. The minimum Gasteiger partial charge on any atom is -0.395 e. The Balaban J connectivity index is 2.39. The second-order valence-electron chi connectivity index (χ2n) is 3.86. The highest BCUT2D eigenvalue weighted by Crippen LogP contribution is 2.30. The smallest absolute Gasteiger partial charge is 0.343 e. The summed E-state index contributed by atoms with van der Waals surface area (Å²) in [6.07, 6.45) is 0.825. The molecule has 2 rings (SSSR count). The maximum atomic E-state index is 11.6. The summed E-state index contributed by atoms with van der Waals surface area (Å²) < 4.78 is 1.54. The number of anilines is 1. The quantitative estimate of drug-likeness (QED) is 0.654. The highest BCUT2D eigenvalue weighted by atomic mass is 35.5. The number of hydrogen-bond donors (Lipinski definition) is 2. The Labute approximate surface area is 118 Å². The molecule has 0 radical (unpaired) electrons. The van der Waals surface area contributed by atoms with Crippen LogP contribution in [0.5, 0.6) is 0 Å². The van der Waals surface area contributed by atoms with Crippen molar-refractivity contribution in [2.45, 2.75) is 37.0 Å². The average Bonchev–Trinajstić information content (AvgIpc) is 2.68. The molecule has 0 aliphatic rings. The molecule has 9 heteroatoms. The summed E-state index contributed by atoms with van der Waals surface area (Å²) in [5, 5.41) is 7.49. The van der Waals surface area contributed by atoms with Gasteiger partial charge in [-0.2, -0.15) is 0 Å². The third kappa shape index (κ3) is 2.90. The van der Waals surface area contributed by atoms with E-state index in [1.54, 1.807) is 6.92 Å². The van der Waals surface area contributed by atoms with Crippen LogP contribution in [-0.2, 0) is 6.54 Å². The maximum Gasteiger partial charge on any atom is 0.343 e. The maximum absolute atomic E-state index is 11.6. The Kier molecular flexibility index (Phi) is 4.11. The van der Waals surface area contributed by atoms with Gasteiger partial charge in [-0.25, -0.2) is 19.9 Å². The number of nitrogens with zero attached hydrogens (tertiary/aromatic N) is 4. The lowest BCUT2D eigenvalue weighted by Crippen LogP contribution is -2.17. The van der Waals surface area contributed by atoms with Gasteiger partial charge >= 0.3 is 5.69 Å². The molecule has 3 N–H and O–H groups in total. The largest absolute Gasteiger partial charge is 0.395 e. The molecule has 0 atom stereocenters. The van der Waals surface area contributed by atoms with E-state index in [-0.39, 0.29) is 11.0 Å². The van der Waals surface area contributed by atoms with E-state index in [0.29, 0.717) is 28.1 Å². The number of aromatic nitrogens is 5. The molecule has 0 aliphatic carbocycles. The molecule has 0 bridgehead atoms. The number of halogens is 1. The van der Waals surface area contributed by atoms with Crippen molar-refractivity contribution in [1.82, 2.24) is 24.7 Å². The zero-order valence-corrected chi connectivity index (χ0v) is 12.0. The number of aromatic amines is 1. The molecule has 0 aliphatic heterocycles. The first-order valence-corrected chi connectivity index (χ1v) is 6.85. The van der Waals surface area contributed by atoms with E-state index in [2.05, 4.69) is 20.2 Å². The zero-order valence-electron chi connectivity index (χ0n) is 10.5. The van der Waals surface area contributed by atoms with Gasteiger partial charge in [-0.15, -0.1) is 5.10 Å². The molecule has 0 fully saturated rings. The summed E-state index contributed by atoms with van der Waals surface area (Å²) in [6.45, 7) is 4.31. The Morgan fingerprint density at radius 1 is 1.47 bits per heavy atom. The summed E-state index contributed by atoms with van der Waals surface area (Å²) in [4.78, 5) is 19.6. The fourth-order valence-corrected chi connectivity index (χ4v) is 2.69. The lowest BCUT2D eigenvalue weighted by molar-refractivity contribution is 0.603. The molecule has 0 amide bonds.